The summed E-state index contributed by atoms with van der Waals surface area (Å²) in [6.07, 6.45) is 2.89. The SMILES string of the molecule is C=CC(=O)N1CCN(c2nc(=O)n(-c3c(C)ccnc3SC(C)C)c3nc(-c4c(O)cccc4F)c(F)cc23)C(C)C1. The van der Waals surface area contributed by atoms with Gasteiger partial charge in [0, 0.05) is 37.1 Å². The van der Waals surface area contributed by atoms with E-state index in [0.717, 1.165) is 12.1 Å². The number of thioether (sulfide) groups is 1. The van der Waals surface area contributed by atoms with Crippen molar-refractivity contribution in [3.05, 3.63) is 76.9 Å². The molecule has 1 atom stereocenters. The van der Waals surface area contributed by atoms with Crippen molar-refractivity contribution < 1.29 is 18.7 Å². The zero-order valence-electron chi connectivity index (χ0n) is 23.6. The number of amides is 1. The van der Waals surface area contributed by atoms with Crippen LogP contribution in [0.4, 0.5) is 14.6 Å². The number of carbonyl (C=O) groups is 1. The number of piperazine rings is 1. The lowest BCUT2D eigenvalue weighted by atomic mass is 10.1. The number of halogens is 2. The molecule has 0 radical (unpaired) electrons. The first-order valence-corrected chi connectivity index (χ1v) is 14.3. The van der Waals surface area contributed by atoms with Gasteiger partial charge in [-0.25, -0.2) is 28.1 Å². The molecule has 42 heavy (non-hydrogen) atoms. The van der Waals surface area contributed by atoms with E-state index in [0.29, 0.717) is 35.9 Å². The summed E-state index contributed by atoms with van der Waals surface area (Å²) in [5.74, 6) is -2.27. The molecular formula is C30H30F2N6O3S. The second kappa shape index (κ2) is 11.5. The molecule has 3 aromatic heterocycles. The van der Waals surface area contributed by atoms with Crippen molar-refractivity contribution in [2.24, 2.45) is 0 Å². The number of fused-ring (bicyclic) bond motifs is 1. The molecule has 0 spiro atoms. The number of hydrogen-bond donors (Lipinski definition) is 1. The Labute approximate surface area is 245 Å². The van der Waals surface area contributed by atoms with Crippen LogP contribution in [0, 0.1) is 18.6 Å². The summed E-state index contributed by atoms with van der Waals surface area (Å²) in [5.41, 5.74) is -0.377. The number of anilines is 1. The number of aromatic hydroxyl groups is 1. The quantitative estimate of drug-likeness (QED) is 0.250. The lowest BCUT2D eigenvalue weighted by Gasteiger charge is -2.40. The highest BCUT2D eigenvalue weighted by Gasteiger charge is 2.31. The summed E-state index contributed by atoms with van der Waals surface area (Å²) in [5, 5.41) is 11.4. The third kappa shape index (κ3) is 5.22. The molecule has 218 valence electrons. The van der Waals surface area contributed by atoms with Gasteiger partial charge in [0.1, 0.15) is 28.1 Å². The van der Waals surface area contributed by atoms with E-state index in [1.165, 1.54) is 34.5 Å². The molecular weight excluding hydrogens is 562 g/mol. The van der Waals surface area contributed by atoms with E-state index < -0.39 is 34.3 Å². The molecule has 1 aromatic carbocycles. The summed E-state index contributed by atoms with van der Waals surface area (Å²) >= 11 is 1.44. The van der Waals surface area contributed by atoms with E-state index in [-0.39, 0.29) is 34.1 Å². The third-order valence-corrected chi connectivity index (χ3v) is 8.07. The van der Waals surface area contributed by atoms with Gasteiger partial charge in [0.2, 0.25) is 5.91 Å². The molecule has 0 bridgehead atoms. The lowest BCUT2D eigenvalue weighted by Crippen LogP contribution is -2.54. The van der Waals surface area contributed by atoms with Gasteiger partial charge in [-0.1, -0.05) is 26.5 Å². The van der Waals surface area contributed by atoms with E-state index >= 15 is 4.39 Å². The van der Waals surface area contributed by atoms with Crippen LogP contribution in [0.2, 0.25) is 0 Å². The van der Waals surface area contributed by atoms with Crippen LogP contribution in [-0.4, -0.2) is 66.4 Å². The zero-order valence-corrected chi connectivity index (χ0v) is 24.5. The zero-order chi connectivity index (χ0) is 30.3. The van der Waals surface area contributed by atoms with Crippen molar-refractivity contribution in [3.8, 4) is 22.7 Å². The van der Waals surface area contributed by atoms with Crippen LogP contribution in [0.1, 0.15) is 26.3 Å². The highest BCUT2D eigenvalue weighted by molar-refractivity contribution is 7.99. The molecule has 1 unspecified atom stereocenters. The fourth-order valence-electron chi connectivity index (χ4n) is 5.16. The number of benzene rings is 1. The number of hydrogen-bond acceptors (Lipinski definition) is 8. The minimum absolute atomic E-state index is 0.0301. The monoisotopic (exact) mass is 592 g/mol. The van der Waals surface area contributed by atoms with Gasteiger partial charge in [0.25, 0.3) is 0 Å². The van der Waals surface area contributed by atoms with Gasteiger partial charge < -0.3 is 14.9 Å². The number of pyridine rings is 2. The lowest BCUT2D eigenvalue weighted by molar-refractivity contribution is -0.126. The molecule has 4 heterocycles. The Bertz CT molecular complexity index is 1760. The average molecular weight is 593 g/mol. The van der Waals surface area contributed by atoms with Crippen LogP contribution in [0.25, 0.3) is 28.0 Å². The Balaban J connectivity index is 1.82. The fraction of sp³-hybridized carbons (Fsp3) is 0.300. The normalized spacial score (nSPS) is 15.5. The van der Waals surface area contributed by atoms with Gasteiger partial charge in [-0.05, 0) is 49.8 Å². The topological polar surface area (TPSA) is 104 Å². The number of phenols is 1. The van der Waals surface area contributed by atoms with Crippen LogP contribution in [0.15, 0.2) is 59.0 Å². The number of carbonyl (C=O) groups excluding carboxylic acids is 1. The molecule has 4 aromatic rings. The Morgan fingerprint density at radius 1 is 1.19 bits per heavy atom. The predicted octanol–water partition coefficient (Wildman–Crippen LogP) is 4.86. The average Bonchev–Trinajstić information content (AvgIpc) is 2.93. The molecule has 1 N–H and O–H groups in total. The van der Waals surface area contributed by atoms with E-state index in [1.807, 2.05) is 32.6 Å². The number of aryl methyl sites for hydroxylation is 1. The molecule has 1 amide bonds. The molecule has 1 fully saturated rings. The third-order valence-electron chi connectivity index (χ3n) is 7.08. The van der Waals surface area contributed by atoms with Crippen LogP contribution in [0.5, 0.6) is 5.75 Å². The molecule has 9 nitrogen and oxygen atoms in total. The van der Waals surface area contributed by atoms with Crippen molar-refractivity contribution in [2.45, 2.75) is 44.0 Å². The maximum absolute atomic E-state index is 15.8. The van der Waals surface area contributed by atoms with Gasteiger partial charge in [0.05, 0.1) is 16.6 Å². The molecule has 0 aliphatic carbocycles. The molecule has 0 saturated carbocycles. The standard InChI is InChI=1S/C30H30F2N6O3S/c1-6-23(40)36-12-13-37(18(5)15-36)27-19-14-21(32)25(24-20(31)8-7-9-22(24)39)34-28(19)38(30(41)35-27)26-17(4)10-11-33-29(26)42-16(2)3/h6-11,14,16,18,39H,1,12-13,15H2,2-5H3. The second-order valence-corrected chi connectivity index (χ2v) is 11.9. The van der Waals surface area contributed by atoms with Crippen LogP contribution >= 0.6 is 11.8 Å². The highest BCUT2D eigenvalue weighted by Crippen LogP contribution is 2.37. The van der Waals surface area contributed by atoms with Crippen LogP contribution in [0.3, 0.4) is 0 Å². The van der Waals surface area contributed by atoms with Crippen molar-refractivity contribution in [1.82, 2.24) is 24.4 Å². The molecule has 1 saturated heterocycles. The first-order chi connectivity index (χ1) is 20.0. The first-order valence-electron chi connectivity index (χ1n) is 13.4. The van der Waals surface area contributed by atoms with Crippen LogP contribution < -0.4 is 10.6 Å². The Morgan fingerprint density at radius 2 is 1.95 bits per heavy atom. The number of aromatic nitrogens is 4. The Kier molecular flexibility index (Phi) is 8.00. The summed E-state index contributed by atoms with van der Waals surface area (Å²) in [4.78, 5) is 43.1. The molecule has 5 rings (SSSR count). The molecule has 12 heteroatoms. The van der Waals surface area contributed by atoms with E-state index in [4.69, 9.17) is 0 Å². The van der Waals surface area contributed by atoms with Gasteiger partial charge in [-0.3, -0.25) is 4.79 Å². The minimum Gasteiger partial charge on any atom is -0.507 e. The van der Waals surface area contributed by atoms with Crippen molar-refractivity contribution in [1.29, 1.82) is 0 Å². The maximum atomic E-state index is 15.8. The maximum Gasteiger partial charge on any atom is 0.355 e. The van der Waals surface area contributed by atoms with E-state index in [9.17, 15) is 19.1 Å². The van der Waals surface area contributed by atoms with Gasteiger partial charge in [0.15, 0.2) is 11.5 Å². The van der Waals surface area contributed by atoms with E-state index in [2.05, 4.69) is 21.5 Å². The molecule has 1 aliphatic heterocycles. The van der Waals surface area contributed by atoms with Gasteiger partial charge in [-0.2, -0.15) is 4.98 Å². The number of phenolic OH excluding ortho intramolecular Hbond substituents is 1. The summed E-state index contributed by atoms with van der Waals surface area (Å²) in [7, 11) is 0. The molecule has 1 aliphatic rings. The van der Waals surface area contributed by atoms with Crippen molar-refractivity contribution in [3.63, 3.8) is 0 Å². The highest BCUT2D eigenvalue weighted by atomic mass is 32.2. The van der Waals surface area contributed by atoms with Gasteiger partial charge >= 0.3 is 5.69 Å². The Hall–Kier alpha value is -4.32. The summed E-state index contributed by atoms with van der Waals surface area (Å²) < 4.78 is 32.0. The summed E-state index contributed by atoms with van der Waals surface area (Å²) in [6, 6.07) is 6.27. The predicted molar refractivity (Wildman–Crippen MR) is 159 cm³/mol. The van der Waals surface area contributed by atoms with Crippen molar-refractivity contribution in [2.75, 3.05) is 24.5 Å². The largest absolute Gasteiger partial charge is 0.507 e. The minimum atomic E-state index is -0.899. The Morgan fingerprint density at radius 3 is 2.62 bits per heavy atom. The first kappa shape index (κ1) is 29.2. The second-order valence-electron chi connectivity index (χ2n) is 10.4. The van der Waals surface area contributed by atoms with E-state index in [1.54, 1.807) is 17.2 Å². The van der Waals surface area contributed by atoms with Crippen LogP contribution in [-0.2, 0) is 4.79 Å². The number of rotatable bonds is 6. The fourth-order valence-corrected chi connectivity index (χ4v) is 6.09. The van der Waals surface area contributed by atoms with Gasteiger partial charge in [-0.15, -0.1) is 11.8 Å². The summed E-state index contributed by atoms with van der Waals surface area (Å²) in [6.45, 7) is 12.2. The number of nitrogens with zero attached hydrogens (tertiary/aromatic N) is 6. The van der Waals surface area contributed by atoms with Crippen molar-refractivity contribution >= 4 is 34.5 Å². The smallest absolute Gasteiger partial charge is 0.355 e.